The van der Waals surface area contributed by atoms with Gasteiger partial charge in [0, 0.05) is 18.8 Å². The zero-order valence-electron chi connectivity index (χ0n) is 13.4. The van der Waals surface area contributed by atoms with Crippen molar-refractivity contribution in [3.63, 3.8) is 0 Å². The molecule has 0 aliphatic carbocycles. The van der Waals surface area contributed by atoms with E-state index in [1.807, 2.05) is 19.6 Å². The van der Waals surface area contributed by atoms with Gasteiger partial charge in [-0.25, -0.2) is 4.98 Å². The zero-order chi connectivity index (χ0) is 14.5. The van der Waals surface area contributed by atoms with E-state index in [1.165, 1.54) is 18.5 Å². The molecule has 1 heterocycles. The average molecular weight is 266 g/mol. The summed E-state index contributed by atoms with van der Waals surface area (Å²) >= 11 is 0. The molecule has 0 bridgehead atoms. The number of nitrogens with one attached hydrogen (secondary N) is 1. The van der Waals surface area contributed by atoms with Gasteiger partial charge in [0.05, 0.1) is 17.6 Å². The molecule has 4 nitrogen and oxygen atoms in total. The Morgan fingerprint density at radius 1 is 1.37 bits per heavy atom. The zero-order valence-corrected chi connectivity index (χ0v) is 13.4. The molecule has 1 aromatic heterocycles. The maximum absolute atomic E-state index is 4.29. The number of aromatic nitrogens is 2. The third kappa shape index (κ3) is 4.62. The van der Waals surface area contributed by atoms with Crippen LogP contribution in [0.25, 0.3) is 0 Å². The van der Waals surface area contributed by atoms with Gasteiger partial charge in [0.25, 0.3) is 0 Å². The van der Waals surface area contributed by atoms with Crippen LogP contribution in [0.1, 0.15) is 46.2 Å². The van der Waals surface area contributed by atoms with Crippen LogP contribution in [0.5, 0.6) is 0 Å². The second-order valence-corrected chi connectivity index (χ2v) is 6.13. The van der Waals surface area contributed by atoms with E-state index in [0.29, 0.717) is 6.04 Å². The van der Waals surface area contributed by atoms with E-state index in [2.05, 4.69) is 54.5 Å². The minimum atomic E-state index is -0.0226. The van der Waals surface area contributed by atoms with Crippen LogP contribution < -0.4 is 5.32 Å². The third-order valence-corrected chi connectivity index (χ3v) is 4.02. The lowest BCUT2D eigenvalue weighted by Gasteiger charge is -2.25. The molecule has 0 amide bonds. The van der Waals surface area contributed by atoms with Gasteiger partial charge in [0.1, 0.15) is 0 Å². The molecule has 1 aromatic rings. The van der Waals surface area contributed by atoms with Crippen molar-refractivity contribution in [2.45, 2.75) is 58.7 Å². The second kappa shape index (κ2) is 7.06. The molecular weight excluding hydrogens is 236 g/mol. The van der Waals surface area contributed by atoms with E-state index in [9.17, 15) is 0 Å². The Morgan fingerprint density at radius 2 is 2.05 bits per heavy atom. The van der Waals surface area contributed by atoms with E-state index in [0.717, 1.165) is 13.1 Å². The van der Waals surface area contributed by atoms with Crippen molar-refractivity contribution in [2.24, 2.45) is 0 Å². The highest BCUT2D eigenvalue weighted by atomic mass is 15.1. The monoisotopic (exact) mass is 266 g/mol. The average Bonchev–Trinajstić information content (AvgIpc) is 2.83. The molecule has 0 aliphatic rings. The molecule has 19 heavy (non-hydrogen) atoms. The molecule has 0 aliphatic heterocycles. The maximum Gasteiger partial charge on any atom is 0.0948 e. The van der Waals surface area contributed by atoms with Crippen LogP contribution in [0, 0.1) is 0 Å². The molecule has 0 saturated heterocycles. The first-order chi connectivity index (χ1) is 8.88. The van der Waals surface area contributed by atoms with Gasteiger partial charge in [0.15, 0.2) is 0 Å². The van der Waals surface area contributed by atoms with E-state index >= 15 is 0 Å². The highest BCUT2D eigenvalue weighted by Gasteiger charge is 2.21. The van der Waals surface area contributed by atoms with Crippen LogP contribution >= 0.6 is 0 Å². The Morgan fingerprint density at radius 3 is 2.63 bits per heavy atom. The van der Waals surface area contributed by atoms with Gasteiger partial charge in [0.2, 0.25) is 0 Å². The number of hydrogen-bond donors (Lipinski definition) is 1. The molecule has 0 saturated carbocycles. The molecule has 0 spiro atoms. The maximum atomic E-state index is 4.29. The lowest BCUT2D eigenvalue weighted by Crippen LogP contribution is -2.35. The number of rotatable bonds is 8. The summed E-state index contributed by atoms with van der Waals surface area (Å²) in [6.07, 6.45) is 6.34. The van der Waals surface area contributed by atoms with Gasteiger partial charge in [-0.1, -0.05) is 0 Å². The molecule has 110 valence electrons. The Bertz CT molecular complexity index is 368. The molecule has 0 fully saturated rings. The van der Waals surface area contributed by atoms with E-state index in [-0.39, 0.29) is 5.54 Å². The van der Waals surface area contributed by atoms with Crippen LogP contribution in [0.3, 0.4) is 0 Å². The summed E-state index contributed by atoms with van der Waals surface area (Å²) in [7, 11) is 4.19. The van der Waals surface area contributed by atoms with Crippen molar-refractivity contribution in [2.75, 3.05) is 20.6 Å². The largest absolute Gasteiger partial charge is 0.333 e. The summed E-state index contributed by atoms with van der Waals surface area (Å²) in [4.78, 5) is 6.69. The van der Waals surface area contributed by atoms with Crippen LogP contribution in [-0.4, -0.2) is 41.1 Å². The topological polar surface area (TPSA) is 33.1 Å². The Labute approximate surface area is 118 Å². The van der Waals surface area contributed by atoms with Crippen LogP contribution in [0.4, 0.5) is 0 Å². The number of hydrogen-bond acceptors (Lipinski definition) is 3. The lowest BCUT2D eigenvalue weighted by molar-refractivity contribution is 0.266. The van der Waals surface area contributed by atoms with Crippen molar-refractivity contribution >= 4 is 0 Å². The summed E-state index contributed by atoms with van der Waals surface area (Å²) < 4.78 is 2.27. The number of nitrogens with zero attached hydrogens (tertiary/aromatic N) is 3. The first kappa shape index (κ1) is 16.2. The molecule has 0 radical (unpaired) electrons. The van der Waals surface area contributed by atoms with Gasteiger partial charge < -0.3 is 14.8 Å². The highest BCUT2D eigenvalue weighted by molar-refractivity contribution is 5.10. The van der Waals surface area contributed by atoms with E-state index in [1.54, 1.807) is 0 Å². The first-order valence-corrected chi connectivity index (χ1v) is 7.28. The van der Waals surface area contributed by atoms with Crippen LogP contribution in [0.2, 0.25) is 0 Å². The number of unbranched alkanes of at least 4 members (excludes halogenated alkanes) is 1. The molecule has 1 N–H and O–H groups in total. The third-order valence-electron chi connectivity index (χ3n) is 4.02. The van der Waals surface area contributed by atoms with Crippen molar-refractivity contribution in [3.05, 3.63) is 18.2 Å². The van der Waals surface area contributed by atoms with Gasteiger partial charge in [-0.05, 0) is 61.2 Å². The fourth-order valence-corrected chi connectivity index (χ4v) is 2.05. The van der Waals surface area contributed by atoms with Crippen molar-refractivity contribution in [1.82, 2.24) is 19.8 Å². The predicted octanol–water partition coefficient (Wildman–Crippen LogP) is 2.46. The van der Waals surface area contributed by atoms with E-state index in [4.69, 9.17) is 0 Å². The smallest absolute Gasteiger partial charge is 0.0948 e. The van der Waals surface area contributed by atoms with Gasteiger partial charge in [-0.15, -0.1) is 0 Å². The highest BCUT2D eigenvalue weighted by Crippen LogP contribution is 2.19. The number of aryl methyl sites for hydroxylation is 1. The van der Waals surface area contributed by atoms with Crippen molar-refractivity contribution in [3.8, 4) is 0 Å². The van der Waals surface area contributed by atoms with Crippen LogP contribution in [-0.2, 0) is 12.1 Å². The normalized spacial score (nSPS) is 12.6. The van der Waals surface area contributed by atoms with E-state index < -0.39 is 0 Å². The fraction of sp³-hybridized carbons (Fsp3) is 0.800. The lowest BCUT2D eigenvalue weighted by atomic mass is 10.0. The molecule has 0 unspecified atom stereocenters. The van der Waals surface area contributed by atoms with Gasteiger partial charge >= 0.3 is 0 Å². The SMILES string of the molecule is CNC(C)(C)c1cncn1CCCCN(C)C(C)C. The Kier molecular flexibility index (Phi) is 6.01. The Balaban J connectivity index is 2.45. The molecule has 4 heteroatoms. The van der Waals surface area contributed by atoms with Crippen molar-refractivity contribution in [1.29, 1.82) is 0 Å². The minimum absolute atomic E-state index is 0.0226. The summed E-state index contributed by atoms with van der Waals surface area (Å²) in [5.41, 5.74) is 1.23. The van der Waals surface area contributed by atoms with Gasteiger partial charge in [-0.3, -0.25) is 0 Å². The summed E-state index contributed by atoms with van der Waals surface area (Å²) in [6, 6.07) is 0.632. The Hall–Kier alpha value is -0.870. The molecular formula is C15H30N4. The first-order valence-electron chi connectivity index (χ1n) is 7.28. The molecule has 1 rings (SSSR count). The molecule has 0 aromatic carbocycles. The fourth-order valence-electron chi connectivity index (χ4n) is 2.05. The van der Waals surface area contributed by atoms with Crippen molar-refractivity contribution < 1.29 is 0 Å². The standard InChI is InChI=1S/C15H30N4/c1-13(2)18(6)9-7-8-10-19-12-17-11-14(19)15(3,4)16-5/h11-13,16H,7-10H2,1-6H3. The quantitative estimate of drug-likeness (QED) is 0.734. The second-order valence-electron chi connectivity index (χ2n) is 6.13. The summed E-state index contributed by atoms with van der Waals surface area (Å²) in [5.74, 6) is 0. The van der Waals surface area contributed by atoms with Gasteiger partial charge in [-0.2, -0.15) is 0 Å². The summed E-state index contributed by atoms with van der Waals surface area (Å²) in [6.45, 7) is 11.1. The van der Waals surface area contributed by atoms with Crippen LogP contribution in [0.15, 0.2) is 12.5 Å². The number of imidazole rings is 1. The molecule has 0 atom stereocenters. The predicted molar refractivity (Wildman–Crippen MR) is 81.3 cm³/mol. The summed E-state index contributed by atoms with van der Waals surface area (Å²) in [5, 5.41) is 3.34. The minimum Gasteiger partial charge on any atom is -0.333 e.